The molecule has 2 atom stereocenters. The van der Waals surface area contributed by atoms with E-state index in [-0.39, 0.29) is 5.92 Å². The molecule has 2 heteroatoms. The predicted molar refractivity (Wildman–Crippen MR) is 60.3 cm³/mol. The van der Waals surface area contributed by atoms with Crippen molar-refractivity contribution < 1.29 is 5.11 Å². The van der Waals surface area contributed by atoms with Crippen molar-refractivity contribution in [2.45, 2.75) is 33.3 Å². The largest absolute Gasteiger partial charge is 0.387 e. The zero-order valence-electron chi connectivity index (χ0n) is 9.49. The number of rotatable bonds is 3. The van der Waals surface area contributed by atoms with Gasteiger partial charge in [-0.05, 0) is 31.4 Å². The van der Waals surface area contributed by atoms with Crippen molar-refractivity contribution in [1.29, 1.82) is 5.26 Å². The lowest BCUT2D eigenvalue weighted by atomic mass is 9.91. The first-order valence-electron chi connectivity index (χ1n) is 5.25. The van der Waals surface area contributed by atoms with Gasteiger partial charge in [-0.25, -0.2) is 0 Å². The first kappa shape index (κ1) is 11.7. The molecular formula is C13H17NO. The van der Waals surface area contributed by atoms with Crippen molar-refractivity contribution in [3.05, 3.63) is 34.9 Å². The highest BCUT2D eigenvalue weighted by atomic mass is 16.3. The highest BCUT2D eigenvalue weighted by Crippen LogP contribution is 2.26. The summed E-state index contributed by atoms with van der Waals surface area (Å²) in [6.07, 6.45) is 0.00550. The molecule has 0 amide bonds. The lowest BCUT2D eigenvalue weighted by Crippen LogP contribution is -2.11. The van der Waals surface area contributed by atoms with E-state index in [0.717, 1.165) is 11.1 Å². The molecule has 0 aromatic heterocycles. The summed E-state index contributed by atoms with van der Waals surface area (Å²) >= 11 is 0. The third-order valence-electron chi connectivity index (χ3n) is 2.73. The molecule has 0 radical (unpaired) electrons. The molecule has 0 bridgehead atoms. The molecule has 0 saturated carbocycles. The average Bonchev–Trinajstić information content (AvgIpc) is 2.19. The van der Waals surface area contributed by atoms with E-state index in [0.29, 0.717) is 6.42 Å². The van der Waals surface area contributed by atoms with Crippen LogP contribution in [0.25, 0.3) is 0 Å². The zero-order chi connectivity index (χ0) is 11.4. The number of aliphatic hydroxyl groups is 1. The Kier molecular flexibility index (Phi) is 3.88. The van der Waals surface area contributed by atoms with Gasteiger partial charge in [0.05, 0.1) is 18.1 Å². The topological polar surface area (TPSA) is 44.0 Å². The maximum Gasteiger partial charge on any atom is 0.0950 e. The summed E-state index contributed by atoms with van der Waals surface area (Å²) < 4.78 is 0. The van der Waals surface area contributed by atoms with E-state index < -0.39 is 6.10 Å². The van der Waals surface area contributed by atoms with Crippen LogP contribution >= 0.6 is 0 Å². The van der Waals surface area contributed by atoms with Crippen LogP contribution in [-0.2, 0) is 0 Å². The van der Waals surface area contributed by atoms with Gasteiger partial charge in [0.2, 0.25) is 0 Å². The van der Waals surface area contributed by atoms with E-state index in [1.54, 1.807) is 0 Å². The fourth-order valence-corrected chi connectivity index (χ4v) is 1.76. The normalized spacial score (nSPS) is 14.3. The molecule has 1 aromatic carbocycles. The summed E-state index contributed by atoms with van der Waals surface area (Å²) in [7, 11) is 0. The van der Waals surface area contributed by atoms with Gasteiger partial charge < -0.3 is 5.11 Å². The average molecular weight is 203 g/mol. The molecule has 2 nitrogen and oxygen atoms in total. The van der Waals surface area contributed by atoms with E-state index in [1.165, 1.54) is 5.56 Å². The molecule has 0 heterocycles. The SMILES string of the molecule is CCC(C#N)C(O)c1ccc(C)cc1C. The molecule has 2 unspecified atom stereocenters. The van der Waals surface area contributed by atoms with Crippen LogP contribution in [0, 0.1) is 31.1 Å². The summed E-state index contributed by atoms with van der Waals surface area (Å²) in [5.74, 6) is -0.314. The molecule has 0 spiro atoms. The first-order valence-corrected chi connectivity index (χ1v) is 5.25. The van der Waals surface area contributed by atoms with Gasteiger partial charge >= 0.3 is 0 Å². The van der Waals surface area contributed by atoms with Gasteiger partial charge in [-0.15, -0.1) is 0 Å². The van der Waals surface area contributed by atoms with Crippen molar-refractivity contribution in [1.82, 2.24) is 0 Å². The number of nitrogens with zero attached hydrogens (tertiary/aromatic N) is 1. The van der Waals surface area contributed by atoms with E-state index in [1.807, 2.05) is 39.0 Å². The smallest absolute Gasteiger partial charge is 0.0950 e. The van der Waals surface area contributed by atoms with Crippen molar-refractivity contribution in [3.8, 4) is 6.07 Å². The summed E-state index contributed by atoms with van der Waals surface area (Å²) in [5.41, 5.74) is 3.10. The Morgan fingerprint density at radius 2 is 2.07 bits per heavy atom. The van der Waals surface area contributed by atoms with Crippen LogP contribution in [0.5, 0.6) is 0 Å². The van der Waals surface area contributed by atoms with Crippen LogP contribution < -0.4 is 0 Å². The van der Waals surface area contributed by atoms with E-state index in [9.17, 15) is 5.11 Å². The predicted octanol–water partition coefficient (Wildman–Crippen LogP) is 2.89. The van der Waals surface area contributed by atoms with Crippen LogP contribution in [0.3, 0.4) is 0 Å². The van der Waals surface area contributed by atoms with Gasteiger partial charge in [0.25, 0.3) is 0 Å². The molecular weight excluding hydrogens is 186 g/mol. The Labute approximate surface area is 91.2 Å². The van der Waals surface area contributed by atoms with Crippen LogP contribution in [0.2, 0.25) is 0 Å². The Hall–Kier alpha value is -1.33. The highest BCUT2D eigenvalue weighted by Gasteiger charge is 2.20. The van der Waals surface area contributed by atoms with E-state index in [2.05, 4.69) is 6.07 Å². The molecule has 15 heavy (non-hydrogen) atoms. The number of nitriles is 1. The molecule has 0 aliphatic rings. The number of hydrogen-bond donors (Lipinski definition) is 1. The number of benzene rings is 1. The molecule has 0 aliphatic heterocycles. The molecule has 1 aromatic rings. The maximum absolute atomic E-state index is 10.0. The first-order chi connectivity index (χ1) is 7.10. The molecule has 0 saturated heterocycles. The number of aryl methyl sites for hydroxylation is 2. The summed E-state index contributed by atoms with van der Waals surface area (Å²) in [5, 5.41) is 18.9. The van der Waals surface area contributed by atoms with Gasteiger partial charge in [-0.1, -0.05) is 30.7 Å². The standard InChI is InChI=1S/C13H17NO/c1-4-11(8-14)13(15)12-6-5-9(2)7-10(12)3/h5-7,11,13,15H,4H2,1-3H3. The van der Waals surface area contributed by atoms with Gasteiger partial charge in [-0.2, -0.15) is 5.26 Å². The fraction of sp³-hybridized carbons (Fsp3) is 0.462. The third-order valence-corrected chi connectivity index (χ3v) is 2.73. The van der Waals surface area contributed by atoms with Gasteiger partial charge in [0, 0.05) is 0 Å². The van der Waals surface area contributed by atoms with Crippen molar-refractivity contribution in [2.24, 2.45) is 5.92 Å². The third kappa shape index (κ3) is 2.57. The maximum atomic E-state index is 10.0. The second kappa shape index (κ2) is 4.95. The lowest BCUT2D eigenvalue weighted by Gasteiger charge is -2.17. The lowest BCUT2D eigenvalue weighted by molar-refractivity contribution is 0.132. The minimum Gasteiger partial charge on any atom is -0.387 e. The van der Waals surface area contributed by atoms with Crippen molar-refractivity contribution in [3.63, 3.8) is 0 Å². The fourth-order valence-electron chi connectivity index (χ4n) is 1.76. The number of aliphatic hydroxyl groups excluding tert-OH is 1. The van der Waals surface area contributed by atoms with Gasteiger partial charge in [0.1, 0.15) is 0 Å². The van der Waals surface area contributed by atoms with E-state index in [4.69, 9.17) is 5.26 Å². The second-order valence-electron chi connectivity index (χ2n) is 3.95. The van der Waals surface area contributed by atoms with Crippen molar-refractivity contribution >= 4 is 0 Å². The van der Waals surface area contributed by atoms with E-state index >= 15 is 0 Å². The Balaban J connectivity index is 3.01. The Morgan fingerprint density at radius 3 is 2.53 bits per heavy atom. The molecule has 80 valence electrons. The quantitative estimate of drug-likeness (QED) is 0.820. The van der Waals surface area contributed by atoms with Gasteiger partial charge in [0.15, 0.2) is 0 Å². The minimum atomic E-state index is -0.666. The summed E-state index contributed by atoms with van der Waals surface area (Å²) in [6.45, 7) is 5.90. The van der Waals surface area contributed by atoms with Crippen LogP contribution in [0.15, 0.2) is 18.2 Å². The minimum absolute atomic E-state index is 0.314. The molecule has 0 fully saturated rings. The zero-order valence-corrected chi connectivity index (χ0v) is 9.49. The molecule has 1 rings (SSSR count). The van der Waals surface area contributed by atoms with Crippen LogP contribution in [-0.4, -0.2) is 5.11 Å². The summed E-state index contributed by atoms with van der Waals surface area (Å²) in [6, 6.07) is 8.05. The Bertz CT molecular complexity index is 379. The van der Waals surface area contributed by atoms with Crippen LogP contribution in [0.1, 0.15) is 36.1 Å². The highest BCUT2D eigenvalue weighted by molar-refractivity contribution is 5.32. The Morgan fingerprint density at radius 1 is 1.40 bits per heavy atom. The second-order valence-corrected chi connectivity index (χ2v) is 3.95. The number of hydrogen-bond acceptors (Lipinski definition) is 2. The monoisotopic (exact) mass is 203 g/mol. The van der Waals surface area contributed by atoms with Crippen LogP contribution in [0.4, 0.5) is 0 Å². The summed E-state index contributed by atoms with van der Waals surface area (Å²) in [4.78, 5) is 0. The van der Waals surface area contributed by atoms with Crippen molar-refractivity contribution in [2.75, 3.05) is 0 Å². The molecule has 0 aliphatic carbocycles. The molecule has 1 N–H and O–H groups in total. The van der Waals surface area contributed by atoms with Gasteiger partial charge in [-0.3, -0.25) is 0 Å².